The van der Waals surface area contributed by atoms with Gasteiger partial charge in [0.2, 0.25) is 0 Å². The van der Waals surface area contributed by atoms with Crippen molar-refractivity contribution in [3.8, 4) is 11.5 Å². The molecule has 0 unspecified atom stereocenters. The second kappa shape index (κ2) is 2.58. The highest BCUT2D eigenvalue weighted by molar-refractivity contribution is 6.32. The van der Waals surface area contributed by atoms with Gasteiger partial charge >= 0.3 is 0 Å². The molecule has 11 heavy (non-hydrogen) atoms. The molecule has 0 aromatic heterocycles. The van der Waals surface area contributed by atoms with Gasteiger partial charge in [-0.2, -0.15) is 0 Å². The Balaban J connectivity index is 2.43. The van der Waals surface area contributed by atoms with Gasteiger partial charge in [-0.15, -0.1) is 0 Å². The fourth-order valence-electron chi connectivity index (χ4n) is 1.04. The summed E-state index contributed by atoms with van der Waals surface area (Å²) in [6.07, 6.45) is 0. The summed E-state index contributed by atoms with van der Waals surface area (Å²) < 4.78 is 10.7. The van der Waals surface area contributed by atoms with Crippen LogP contribution in [0.15, 0.2) is 18.2 Å². The molecular weight excluding hydrogens is 156 g/mol. The second-order valence-electron chi connectivity index (χ2n) is 2.36. The number of hydrogen-bond acceptors (Lipinski definition) is 2. The predicted octanol–water partition coefficient (Wildman–Crippen LogP) is 0.252. The average molecular weight is 163 g/mol. The first-order chi connectivity index (χ1) is 5.36. The third-order valence-corrected chi connectivity index (χ3v) is 1.85. The van der Waals surface area contributed by atoms with Gasteiger partial charge in [-0.05, 0) is 12.1 Å². The Morgan fingerprint density at radius 2 is 1.82 bits per heavy atom. The molecular formula is C8H7O2Si. The van der Waals surface area contributed by atoms with E-state index in [0.717, 1.165) is 16.7 Å². The van der Waals surface area contributed by atoms with Gasteiger partial charge in [-0.1, -0.05) is 11.3 Å². The molecule has 0 aliphatic carbocycles. The molecule has 1 aliphatic rings. The Morgan fingerprint density at radius 3 is 2.64 bits per heavy atom. The van der Waals surface area contributed by atoms with Crippen molar-refractivity contribution in [3.63, 3.8) is 0 Å². The van der Waals surface area contributed by atoms with Gasteiger partial charge in [0.15, 0.2) is 11.5 Å². The van der Waals surface area contributed by atoms with E-state index in [2.05, 4.69) is 10.2 Å². The van der Waals surface area contributed by atoms with Crippen molar-refractivity contribution in [2.75, 3.05) is 13.2 Å². The van der Waals surface area contributed by atoms with E-state index in [0.29, 0.717) is 13.2 Å². The molecule has 0 saturated heterocycles. The zero-order valence-electron chi connectivity index (χ0n) is 5.96. The Labute approximate surface area is 68.6 Å². The number of hydrogen-bond donors (Lipinski definition) is 0. The topological polar surface area (TPSA) is 18.5 Å². The highest BCUT2D eigenvalue weighted by Crippen LogP contribution is 2.27. The molecule has 3 heteroatoms. The third kappa shape index (κ3) is 1.23. The number of ether oxygens (including phenoxy) is 2. The Bertz CT molecular complexity index is 273. The molecule has 1 aliphatic heterocycles. The van der Waals surface area contributed by atoms with Crippen LogP contribution in [-0.4, -0.2) is 23.5 Å². The summed E-state index contributed by atoms with van der Waals surface area (Å²) in [6, 6.07) is 5.74. The average Bonchev–Trinajstić information content (AvgIpc) is 2.04. The molecule has 0 amide bonds. The maximum Gasteiger partial charge on any atom is 0.161 e. The molecule has 3 radical (unpaired) electrons. The smallest absolute Gasteiger partial charge is 0.161 e. The molecule has 2 nitrogen and oxygen atoms in total. The van der Waals surface area contributed by atoms with Crippen molar-refractivity contribution in [1.82, 2.24) is 0 Å². The highest BCUT2D eigenvalue weighted by Gasteiger charge is 2.09. The largest absolute Gasteiger partial charge is 0.486 e. The van der Waals surface area contributed by atoms with Crippen LogP contribution in [0.5, 0.6) is 11.5 Å². The molecule has 0 bridgehead atoms. The molecule has 0 fully saturated rings. The van der Waals surface area contributed by atoms with E-state index in [1.165, 1.54) is 0 Å². The summed E-state index contributed by atoms with van der Waals surface area (Å²) in [6.45, 7) is 1.29. The van der Waals surface area contributed by atoms with Crippen molar-refractivity contribution in [2.24, 2.45) is 0 Å². The first kappa shape index (κ1) is 6.73. The number of fused-ring (bicyclic) bond motifs is 1. The van der Waals surface area contributed by atoms with Gasteiger partial charge in [0.25, 0.3) is 0 Å². The van der Waals surface area contributed by atoms with Crippen LogP contribution in [0.25, 0.3) is 0 Å². The van der Waals surface area contributed by atoms with E-state index in [4.69, 9.17) is 9.47 Å². The first-order valence-electron chi connectivity index (χ1n) is 3.47. The molecule has 1 aromatic carbocycles. The van der Waals surface area contributed by atoms with E-state index in [-0.39, 0.29) is 0 Å². The second-order valence-corrected chi connectivity index (χ2v) is 2.94. The minimum atomic E-state index is 0.642. The fraction of sp³-hybridized carbons (Fsp3) is 0.250. The molecule has 0 atom stereocenters. The molecule has 0 N–H and O–H groups in total. The number of rotatable bonds is 0. The lowest BCUT2D eigenvalue weighted by Crippen LogP contribution is -2.17. The summed E-state index contributed by atoms with van der Waals surface area (Å²) in [5.41, 5.74) is 0. The summed E-state index contributed by atoms with van der Waals surface area (Å²) >= 11 is 0. The van der Waals surface area contributed by atoms with E-state index in [9.17, 15) is 0 Å². The lowest BCUT2D eigenvalue weighted by atomic mass is 10.3. The summed E-state index contributed by atoms with van der Waals surface area (Å²) in [5.74, 6) is 1.65. The number of benzene rings is 1. The summed E-state index contributed by atoms with van der Waals surface area (Å²) in [4.78, 5) is 0. The van der Waals surface area contributed by atoms with Crippen LogP contribution in [0.1, 0.15) is 0 Å². The monoisotopic (exact) mass is 163 g/mol. The van der Waals surface area contributed by atoms with Gasteiger partial charge in [-0.3, -0.25) is 0 Å². The van der Waals surface area contributed by atoms with Crippen LogP contribution in [0.4, 0.5) is 0 Å². The van der Waals surface area contributed by atoms with Gasteiger partial charge in [0, 0.05) is 0 Å². The quantitative estimate of drug-likeness (QED) is 0.510. The van der Waals surface area contributed by atoms with Crippen molar-refractivity contribution in [3.05, 3.63) is 18.2 Å². The Morgan fingerprint density at radius 1 is 1.09 bits per heavy atom. The molecule has 1 heterocycles. The van der Waals surface area contributed by atoms with Crippen LogP contribution >= 0.6 is 0 Å². The lowest BCUT2D eigenvalue weighted by Gasteiger charge is -2.18. The Kier molecular flexibility index (Phi) is 1.58. The maximum atomic E-state index is 5.35. The van der Waals surface area contributed by atoms with Gasteiger partial charge in [0.05, 0.1) is 10.2 Å². The molecule has 55 valence electrons. The third-order valence-electron chi connectivity index (χ3n) is 1.54. The fourth-order valence-corrected chi connectivity index (χ4v) is 1.26. The van der Waals surface area contributed by atoms with Crippen LogP contribution in [0.2, 0.25) is 0 Å². The predicted molar refractivity (Wildman–Crippen MR) is 42.8 cm³/mol. The van der Waals surface area contributed by atoms with Crippen molar-refractivity contribution in [2.45, 2.75) is 0 Å². The Hall–Kier alpha value is -0.963. The SMILES string of the molecule is [Si]c1ccc2c(c1)OCCO2. The van der Waals surface area contributed by atoms with Gasteiger partial charge in [-0.25, -0.2) is 0 Å². The van der Waals surface area contributed by atoms with E-state index in [1.54, 1.807) is 0 Å². The van der Waals surface area contributed by atoms with Gasteiger partial charge < -0.3 is 9.47 Å². The highest BCUT2D eigenvalue weighted by atomic mass is 28.1. The van der Waals surface area contributed by atoms with Crippen LogP contribution < -0.4 is 14.7 Å². The molecule has 0 saturated carbocycles. The van der Waals surface area contributed by atoms with Crippen molar-refractivity contribution in [1.29, 1.82) is 0 Å². The standard InChI is InChI=1S/C8H7O2Si/c11-6-1-2-7-8(5-6)10-4-3-9-7/h1-2,5H,3-4H2. The van der Waals surface area contributed by atoms with Crippen LogP contribution in [0.3, 0.4) is 0 Å². The van der Waals surface area contributed by atoms with Crippen molar-refractivity contribution < 1.29 is 9.47 Å². The lowest BCUT2D eigenvalue weighted by molar-refractivity contribution is 0.172. The maximum absolute atomic E-state index is 5.35. The van der Waals surface area contributed by atoms with Crippen LogP contribution in [0, 0.1) is 0 Å². The molecule has 2 rings (SSSR count). The van der Waals surface area contributed by atoms with E-state index >= 15 is 0 Å². The minimum Gasteiger partial charge on any atom is -0.486 e. The summed E-state index contributed by atoms with van der Waals surface area (Å²) in [7, 11) is 3.40. The van der Waals surface area contributed by atoms with Gasteiger partial charge in [0.1, 0.15) is 13.2 Å². The normalized spacial score (nSPS) is 14.6. The molecule has 0 spiro atoms. The molecule has 1 aromatic rings. The van der Waals surface area contributed by atoms with E-state index in [1.807, 2.05) is 18.2 Å². The van der Waals surface area contributed by atoms with E-state index < -0.39 is 0 Å². The minimum absolute atomic E-state index is 0.642. The zero-order valence-corrected chi connectivity index (χ0v) is 6.96. The first-order valence-corrected chi connectivity index (χ1v) is 3.97. The summed E-state index contributed by atoms with van der Waals surface area (Å²) in [5, 5.41) is 1.01. The van der Waals surface area contributed by atoms with Crippen molar-refractivity contribution >= 4 is 15.4 Å². The zero-order chi connectivity index (χ0) is 7.68. The van der Waals surface area contributed by atoms with Crippen LogP contribution in [-0.2, 0) is 0 Å².